The molecule has 0 aromatic carbocycles. The Morgan fingerprint density at radius 3 is 2.90 bits per heavy atom. The Balaban J connectivity index is 2.05. The van der Waals surface area contributed by atoms with Crippen LogP contribution >= 0.6 is 11.3 Å². The van der Waals surface area contributed by atoms with Gasteiger partial charge in [0.25, 0.3) is 5.91 Å². The molecule has 1 aliphatic carbocycles. The number of nitrogens with one attached hydrogen (secondary N) is 1. The monoisotopic (exact) mass is 307 g/mol. The highest BCUT2D eigenvalue weighted by Gasteiger charge is 2.49. The summed E-state index contributed by atoms with van der Waals surface area (Å²) < 4.78 is 5.40. The number of aliphatic hydroxyl groups excluding tert-OH is 1. The molecule has 1 fully saturated rings. The van der Waals surface area contributed by atoms with Crippen LogP contribution in [-0.4, -0.2) is 36.9 Å². The quantitative estimate of drug-likeness (QED) is 0.839. The Hall–Kier alpha value is -1.35. The highest BCUT2D eigenvalue weighted by molar-refractivity contribution is 7.14. The Morgan fingerprint density at radius 1 is 1.62 bits per heavy atom. The van der Waals surface area contributed by atoms with Crippen molar-refractivity contribution in [2.75, 3.05) is 13.7 Å². The van der Waals surface area contributed by atoms with Crippen LogP contribution in [0.3, 0.4) is 0 Å². The van der Waals surface area contributed by atoms with Crippen LogP contribution in [-0.2, 0) is 4.74 Å². The smallest absolute Gasteiger partial charge is 0.261 e. The maximum absolute atomic E-state index is 12.3. The lowest BCUT2D eigenvalue weighted by atomic mass is 9.64. The predicted molar refractivity (Wildman–Crippen MR) is 83.5 cm³/mol. The van der Waals surface area contributed by atoms with Crippen LogP contribution in [0, 0.1) is 24.2 Å². The summed E-state index contributed by atoms with van der Waals surface area (Å²) in [7, 11) is 1.71. The number of hydrogen-bond acceptors (Lipinski definition) is 4. The van der Waals surface area contributed by atoms with Crippen molar-refractivity contribution in [2.24, 2.45) is 5.41 Å². The van der Waals surface area contributed by atoms with E-state index in [4.69, 9.17) is 9.84 Å². The zero-order chi connectivity index (χ0) is 15.6. The number of aliphatic hydroxyl groups is 1. The lowest BCUT2D eigenvalue weighted by Crippen LogP contribution is -2.61. The van der Waals surface area contributed by atoms with Crippen LogP contribution in [0.2, 0.25) is 0 Å². The number of hydrogen-bond donors (Lipinski definition) is 2. The largest absolute Gasteiger partial charge is 0.384 e. The SMILES string of the molecule is COC1CC(NC(=O)c2cc(C)c(C#CCO)s2)C1(C)C. The van der Waals surface area contributed by atoms with E-state index in [-0.39, 0.29) is 30.1 Å². The highest BCUT2D eigenvalue weighted by Crippen LogP contribution is 2.42. The first-order valence-corrected chi connectivity index (χ1v) is 7.75. The van der Waals surface area contributed by atoms with Gasteiger partial charge >= 0.3 is 0 Å². The van der Waals surface area contributed by atoms with Gasteiger partial charge < -0.3 is 15.2 Å². The maximum Gasteiger partial charge on any atom is 0.261 e. The molecule has 5 heteroatoms. The van der Waals surface area contributed by atoms with Crippen LogP contribution in [0.1, 0.15) is 40.4 Å². The molecule has 4 nitrogen and oxygen atoms in total. The van der Waals surface area contributed by atoms with Gasteiger partial charge in [0.15, 0.2) is 0 Å². The lowest BCUT2D eigenvalue weighted by molar-refractivity contribution is -0.0942. The number of amides is 1. The molecule has 0 radical (unpaired) electrons. The molecule has 21 heavy (non-hydrogen) atoms. The summed E-state index contributed by atoms with van der Waals surface area (Å²) in [5.74, 6) is 5.42. The lowest BCUT2D eigenvalue weighted by Gasteiger charge is -2.51. The van der Waals surface area contributed by atoms with Crippen molar-refractivity contribution in [3.63, 3.8) is 0 Å². The van der Waals surface area contributed by atoms with Crippen molar-refractivity contribution in [1.82, 2.24) is 5.32 Å². The van der Waals surface area contributed by atoms with Crippen molar-refractivity contribution in [3.8, 4) is 11.8 Å². The zero-order valence-electron chi connectivity index (χ0n) is 12.8. The third-order valence-electron chi connectivity index (χ3n) is 4.19. The van der Waals surface area contributed by atoms with Gasteiger partial charge in [-0.2, -0.15) is 0 Å². The topological polar surface area (TPSA) is 58.6 Å². The van der Waals surface area contributed by atoms with E-state index in [0.717, 1.165) is 16.9 Å². The van der Waals surface area contributed by atoms with Crippen LogP contribution < -0.4 is 5.32 Å². The summed E-state index contributed by atoms with van der Waals surface area (Å²) in [5, 5.41) is 11.8. The molecule has 114 valence electrons. The van der Waals surface area contributed by atoms with Gasteiger partial charge in [0.1, 0.15) is 6.61 Å². The molecule has 0 aliphatic heterocycles. The molecule has 1 aliphatic rings. The summed E-state index contributed by atoms with van der Waals surface area (Å²) in [6.07, 6.45) is 1.04. The van der Waals surface area contributed by atoms with E-state index in [1.54, 1.807) is 7.11 Å². The Kier molecular flexibility index (Phi) is 4.72. The Labute approximate surface area is 129 Å². The Bertz CT molecular complexity index is 594. The molecule has 1 heterocycles. The van der Waals surface area contributed by atoms with Gasteiger partial charge in [-0.05, 0) is 25.0 Å². The first-order valence-electron chi connectivity index (χ1n) is 6.94. The first kappa shape index (κ1) is 16.0. The van der Waals surface area contributed by atoms with Crippen LogP contribution in [0.4, 0.5) is 0 Å². The second kappa shape index (κ2) is 6.18. The fraction of sp³-hybridized carbons (Fsp3) is 0.562. The van der Waals surface area contributed by atoms with E-state index in [0.29, 0.717) is 4.88 Å². The molecule has 1 aromatic rings. The van der Waals surface area contributed by atoms with Crippen LogP contribution in [0.15, 0.2) is 6.07 Å². The van der Waals surface area contributed by atoms with Gasteiger partial charge in [0.05, 0.1) is 15.9 Å². The fourth-order valence-electron chi connectivity index (χ4n) is 2.60. The zero-order valence-corrected chi connectivity index (χ0v) is 13.6. The average molecular weight is 307 g/mol. The second-order valence-corrected chi connectivity index (χ2v) is 6.94. The van der Waals surface area contributed by atoms with E-state index < -0.39 is 0 Å². The Morgan fingerprint density at radius 2 is 2.33 bits per heavy atom. The molecular formula is C16H21NO3S. The van der Waals surface area contributed by atoms with Gasteiger partial charge in [0.2, 0.25) is 0 Å². The van der Waals surface area contributed by atoms with Crippen molar-refractivity contribution in [3.05, 3.63) is 21.4 Å². The van der Waals surface area contributed by atoms with E-state index in [9.17, 15) is 4.79 Å². The van der Waals surface area contributed by atoms with E-state index in [1.807, 2.05) is 13.0 Å². The number of carbonyl (C=O) groups is 1. The van der Waals surface area contributed by atoms with Crippen molar-refractivity contribution >= 4 is 17.2 Å². The molecule has 1 amide bonds. The molecule has 0 spiro atoms. The molecule has 2 atom stereocenters. The minimum absolute atomic E-state index is 0.0454. The molecule has 2 rings (SSSR count). The molecule has 0 saturated heterocycles. The number of carbonyl (C=O) groups excluding carboxylic acids is 1. The van der Waals surface area contributed by atoms with E-state index in [2.05, 4.69) is 31.0 Å². The normalized spacial score (nSPS) is 22.9. The molecule has 0 bridgehead atoms. The summed E-state index contributed by atoms with van der Waals surface area (Å²) in [5.41, 5.74) is 0.921. The second-order valence-electron chi connectivity index (χ2n) is 5.89. The minimum Gasteiger partial charge on any atom is -0.384 e. The molecule has 1 saturated carbocycles. The maximum atomic E-state index is 12.3. The molecular weight excluding hydrogens is 286 g/mol. The summed E-state index contributed by atoms with van der Waals surface area (Å²) >= 11 is 1.36. The summed E-state index contributed by atoms with van der Waals surface area (Å²) in [6.45, 7) is 5.96. The van der Waals surface area contributed by atoms with Crippen molar-refractivity contribution in [2.45, 2.75) is 39.3 Å². The number of ether oxygens (including phenoxy) is 1. The van der Waals surface area contributed by atoms with E-state index in [1.165, 1.54) is 11.3 Å². The number of methoxy groups -OCH3 is 1. The van der Waals surface area contributed by atoms with Gasteiger partial charge in [-0.15, -0.1) is 11.3 Å². The highest BCUT2D eigenvalue weighted by atomic mass is 32.1. The third-order valence-corrected chi connectivity index (χ3v) is 5.34. The van der Waals surface area contributed by atoms with Crippen LogP contribution in [0.25, 0.3) is 0 Å². The number of aryl methyl sites for hydroxylation is 1. The molecule has 2 unspecified atom stereocenters. The molecule has 1 aromatic heterocycles. The van der Waals surface area contributed by atoms with Crippen molar-refractivity contribution in [1.29, 1.82) is 0 Å². The van der Waals surface area contributed by atoms with Crippen molar-refractivity contribution < 1.29 is 14.6 Å². The standard InChI is InChI=1S/C16H21NO3S/c1-10-8-12(21-11(10)6-5-7-18)15(19)17-13-9-14(20-4)16(13,2)3/h8,13-14,18H,7,9H2,1-4H3,(H,17,19). The minimum atomic E-state index is -0.173. The van der Waals surface area contributed by atoms with Gasteiger partial charge in [-0.3, -0.25) is 4.79 Å². The fourth-order valence-corrected chi connectivity index (χ4v) is 3.55. The number of thiophene rings is 1. The van der Waals surface area contributed by atoms with Gasteiger partial charge in [-0.25, -0.2) is 0 Å². The third kappa shape index (κ3) is 3.13. The predicted octanol–water partition coefficient (Wildman–Crippen LogP) is 1.94. The van der Waals surface area contributed by atoms with Gasteiger partial charge in [0, 0.05) is 18.6 Å². The first-order chi connectivity index (χ1) is 9.90. The van der Waals surface area contributed by atoms with Crippen LogP contribution in [0.5, 0.6) is 0 Å². The number of rotatable bonds is 3. The summed E-state index contributed by atoms with van der Waals surface area (Å²) in [6, 6.07) is 1.98. The van der Waals surface area contributed by atoms with Gasteiger partial charge in [-0.1, -0.05) is 25.7 Å². The average Bonchev–Trinajstić information content (AvgIpc) is 2.81. The molecule has 2 N–H and O–H groups in total. The summed E-state index contributed by atoms with van der Waals surface area (Å²) in [4.78, 5) is 13.8. The van der Waals surface area contributed by atoms with E-state index >= 15 is 0 Å².